The number of sulfonamides is 1. The van der Waals surface area contributed by atoms with Gasteiger partial charge < -0.3 is 9.88 Å². The maximum absolute atomic E-state index is 12.9. The molecule has 2 aromatic carbocycles. The van der Waals surface area contributed by atoms with Crippen molar-refractivity contribution in [2.24, 2.45) is 5.14 Å². The van der Waals surface area contributed by atoms with Crippen molar-refractivity contribution in [1.29, 1.82) is 0 Å². The normalized spacial score (nSPS) is 13.8. The lowest BCUT2D eigenvalue weighted by Crippen LogP contribution is -2.34. The van der Waals surface area contributed by atoms with Gasteiger partial charge in [-0.3, -0.25) is 4.79 Å². The van der Waals surface area contributed by atoms with Crippen LogP contribution >= 0.6 is 11.8 Å². The molecule has 0 aliphatic rings. The van der Waals surface area contributed by atoms with Gasteiger partial charge in [0.25, 0.3) is 0 Å². The number of nitrogens with one attached hydrogen (secondary N) is 1. The SMILES string of the molecule is CCCC(NC(=O)C(C)Sc1nc2cc(S(N)(=O)=O)ccc2n1CC)c1ccccc1. The predicted octanol–water partition coefficient (Wildman–Crippen LogP) is 3.84. The first kappa shape index (κ1) is 23.3. The van der Waals surface area contributed by atoms with Gasteiger partial charge in [0.2, 0.25) is 15.9 Å². The fourth-order valence-corrected chi connectivity index (χ4v) is 4.99. The van der Waals surface area contributed by atoms with Crippen LogP contribution in [-0.2, 0) is 21.4 Å². The number of nitrogens with two attached hydrogens (primary N) is 1. The number of aryl methyl sites for hydroxylation is 1. The van der Waals surface area contributed by atoms with E-state index in [9.17, 15) is 13.2 Å². The predicted molar refractivity (Wildman–Crippen MR) is 124 cm³/mol. The number of aromatic nitrogens is 2. The first-order chi connectivity index (χ1) is 14.7. The second-order valence-corrected chi connectivity index (χ2v) is 10.2. The molecule has 1 amide bonds. The quantitative estimate of drug-likeness (QED) is 0.472. The average molecular weight is 461 g/mol. The third kappa shape index (κ3) is 5.47. The molecule has 1 heterocycles. The maximum atomic E-state index is 12.9. The zero-order valence-electron chi connectivity index (χ0n) is 17.9. The van der Waals surface area contributed by atoms with E-state index in [1.165, 1.54) is 23.9 Å². The summed E-state index contributed by atoms with van der Waals surface area (Å²) in [7, 11) is -3.81. The lowest BCUT2D eigenvalue weighted by atomic mass is 10.0. The molecule has 0 fully saturated rings. The van der Waals surface area contributed by atoms with E-state index in [4.69, 9.17) is 5.14 Å². The summed E-state index contributed by atoms with van der Waals surface area (Å²) < 4.78 is 25.3. The van der Waals surface area contributed by atoms with Crippen molar-refractivity contribution in [3.05, 3.63) is 54.1 Å². The molecular weight excluding hydrogens is 432 g/mol. The van der Waals surface area contributed by atoms with Gasteiger partial charge in [0.05, 0.1) is 27.2 Å². The molecular formula is C22H28N4O3S2. The van der Waals surface area contributed by atoms with E-state index in [2.05, 4.69) is 17.2 Å². The average Bonchev–Trinajstić information content (AvgIpc) is 3.09. The van der Waals surface area contributed by atoms with Gasteiger partial charge >= 0.3 is 0 Å². The molecule has 0 bridgehead atoms. The standard InChI is InChI=1S/C22H28N4O3S2/c1-4-9-18(16-10-7-6-8-11-16)24-21(27)15(3)30-22-25-19-14-17(31(23,28)29)12-13-20(19)26(22)5-2/h6-8,10-15,18H,4-5,9H2,1-3H3,(H,24,27)(H2,23,28,29). The van der Waals surface area contributed by atoms with E-state index in [1.54, 1.807) is 6.07 Å². The van der Waals surface area contributed by atoms with Gasteiger partial charge in [0, 0.05) is 6.54 Å². The van der Waals surface area contributed by atoms with Crippen LogP contribution in [-0.4, -0.2) is 29.1 Å². The first-order valence-electron chi connectivity index (χ1n) is 10.3. The Labute approximate surface area is 187 Å². The highest BCUT2D eigenvalue weighted by molar-refractivity contribution is 8.00. The van der Waals surface area contributed by atoms with Crippen molar-refractivity contribution in [3.8, 4) is 0 Å². The Kier molecular flexibility index (Phi) is 7.40. The largest absolute Gasteiger partial charge is 0.348 e. The van der Waals surface area contributed by atoms with Gasteiger partial charge in [-0.25, -0.2) is 18.5 Å². The molecule has 3 aromatic rings. The van der Waals surface area contributed by atoms with Crippen LogP contribution < -0.4 is 10.5 Å². The van der Waals surface area contributed by atoms with Crippen molar-refractivity contribution in [1.82, 2.24) is 14.9 Å². The molecule has 0 aliphatic carbocycles. The topological polar surface area (TPSA) is 107 Å². The number of primary sulfonamides is 1. The van der Waals surface area contributed by atoms with E-state index in [-0.39, 0.29) is 22.1 Å². The fourth-order valence-electron chi connectivity index (χ4n) is 3.46. The molecule has 9 heteroatoms. The number of carbonyl (C=O) groups excluding carboxylic acids is 1. The molecule has 1 aromatic heterocycles. The van der Waals surface area contributed by atoms with E-state index >= 15 is 0 Å². The van der Waals surface area contributed by atoms with Crippen molar-refractivity contribution in [2.75, 3.05) is 0 Å². The van der Waals surface area contributed by atoms with Gasteiger partial charge in [0.15, 0.2) is 5.16 Å². The highest BCUT2D eigenvalue weighted by Crippen LogP contribution is 2.29. The Balaban J connectivity index is 1.81. The molecule has 0 aliphatic heterocycles. The second-order valence-electron chi connectivity index (χ2n) is 7.35. The van der Waals surface area contributed by atoms with Gasteiger partial charge in [-0.2, -0.15) is 0 Å². The third-order valence-corrected chi connectivity index (χ3v) is 7.08. The van der Waals surface area contributed by atoms with Gasteiger partial charge in [-0.1, -0.05) is 55.4 Å². The number of thioether (sulfide) groups is 1. The molecule has 2 atom stereocenters. The third-order valence-electron chi connectivity index (χ3n) is 5.08. The summed E-state index contributed by atoms with van der Waals surface area (Å²) in [5.41, 5.74) is 2.43. The summed E-state index contributed by atoms with van der Waals surface area (Å²) in [6, 6.07) is 14.6. The number of fused-ring (bicyclic) bond motifs is 1. The van der Waals surface area contributed by atoms with Crippen molar-refractivity contribution in [2.45, 2.75) is 61.5 Å². The molecule has 0 spiro atoms. The Bertz CT molecular complexity index is 1160. The summed E-state index contributed by atoms with van der Waals surface area (Å²) in [4.78, 5) is 17.5. The number of hydrogen-bond acceptors (Lipinski definition) is 5. The van der Waals surface area contributed by atoms with Gasteiger partial charge in [-0.05, 0) is 44.0 Å². The summed E-state index contributed by atoms with van der Waals surface area (Å²) in [6.07, 6.45) is 1.82. The van der Waals surface area contributed by atoms with Crippen LogP contribution in [0.5, 0.6) is 0 Å². The van der Waals surface area contributed by atoms with E-state index in [0.717, 1.165) is 23.9 Å². The highest BCUT2D eigenvalue weighted by atomic mass is 32.2. The number of rotatable bonds is 9. The highest BCUT2D eigenvalue weighted by Gasteiger charge is 2.22. The number of benzene rings is 2. The lowest BCUT2D eigenvalue weighted by Gasteiger charge is -2.21. The summed E-state index contributed by atoms with van der Waals surface area (Å²) in [5, 5.41) is 8.70. The molecule has 3 rings (SSSR count). The van der Waals surface area contributed by atoms with Crippen molar-refractivity contribution < 1.29 is 13.2 Å². The zero-order chi connectivity index (χ0) is 22.6. The zero-order valence-corrected chi connectivity index (χ0v) is 19.5. The Hall–Kier alpha value is -2.36. The van der Waals surface area contributed by atoms with E-state index in [1.807, 2.05) is 48.7 Å². The monoisotopic (exact) mass is 460 g/mol. The Morgan fingerprint density at radius 1 is 1.19 bits per heavy atom. The van der Waals surface area contributed by atoms with Gasteiger partial charge in [-0.15, -0.1) is 0 Å². The molecule has 31 heavy (non-hydrogen) atoms. The van der Waals surface area contributed by atoms with Crippen LogP contribution in [0.3, 0.4) is 0 Å². The molecule has 166 valence electrons. The number of hydrogen-bond donors (Lipinski definition) is 2. The number of amides is 1. The summed E-state index contributed by atoms with van der Waals surface area (Å²) in [6.45, 7) is 6.57. The minimum Gasteiger partial charge on any atom is -0.348 e. The van der Waals surface area contributed by atoms with Gasteiger partial charge in [0.1, 0.15) is 0 Å². The van der Waals surface area contributed by atoms with E-state index < -0.39 is 10.0 Å². The fraction of sp³-hybridized carbons (Fsp3) is 0.364. The summed E-state index contributed by atoms with van der Waals surface area (Å²) in [5.74, 6) is -0.0627. The first-order valence-corrected chi connectivity index (χ1v) is 12.7. The van der Waals surface area contributed by atoms with Crippen LogP contribution in [0, 0.1) is 0 Å². The van der Waals surface area contributed by atoms with Crippen LogP contribution in [0.1, 0.15) is 45.2 Å². The van der Waals surface area contributed by atoms with Crippen molar-refractivity contribution in [3.63, 3.8) is 0 Å². The molecule has 2 unspecified atom stereocenters. The maximum Gasteiger partial charge on any atom is 0.238 e. The molecule has 7 nitrogen and oxygen atoms in total. The summed E-state index contributed by atoms with van der Waals surface area (Å²) >= 11 is 1.36. The lowest BCUT2D eigenvalue weighted by molar-refractivity contribution is -0.121. The number of carbonyl (C=O) groups is 1. The van der Waals surface area contributed by atoms with Crippen LogP contribution in [0.2, 0.25) is 0 Å². The van der Waals surface area contributed by atoms with Crippen molar-refractivity contribution >= 4 is 38.7 Å². The second kappa shape index (κ2) is 9.84. The molecule has 3 N–H and O–H groups in total. The van der Waals surface area contributed by atoms with Crippen LogP contribution in [0.4, 0.5) is 0 Å². The van der Waals surface area contributed by atoms with Crippen LogP contribution in [0.15, 0.2) is 58.6 Å². The minimum atomic E-state index is -3.81. The van der Waals surface area contributed by atoms with E-state index in [0.29, 0.717) is 17.2 Å². The number of nitrogens with zero attached hydrogens (tertiary/aromatic N) is 2. The molecule has 0 saturated carbocycles. The number of imidazole rings is 1. The van der Waals surface area contributed by atoms with Crippen LogP contribution in [0.25, 0.3) is 11.0 Å². The smallest absolute Gasteiger partial charge is 0.238 e. The molecule has 0 saturated heterocycles. The minimum absolute atomic E-state index is 0.0216. The Morgan fingerprint density at radius 3 is 2.52 bits per heavy atom. The molecule has 0 radical (unpaired) electrons. The Morgan fingerprint density at radius 2 is 1.90 bits per heavy atom.